The Kier molecular flexibility index (Phi) is 5.76. The van der Waals surface area contributed by atoms with Crippen LogP contribution in [0.4, 0.5) is 0 Å². The second-order valence-electron chi connectivity index (χ2n) is 5.13. The fraction of sp³-hybridized carbons (Fsp3) is 0.389. The molecule has 1 unspecified atom stereocenters. The Hall–Kier alpha value is -1.87. The van der Waals surface area contributed by atoms with Gasteiger partial charge in [0.15, 0.2) is 0 Å². The van der Waals surface area contributed by atoms with Crippen molar-refractivity contribution in [2.45, 2.75) is 32.7 Å². The number of rotatable bonds is 7. The van der Waals surface area contributed by atoms with Crippen LogP contribution in [0.3, 0.4) is 0 Å². The summed E-state index contributed by atoms with van der Waals surface area (Å²) in [7, 11) is 1.64. The van der Waals surface area contributed by atoms with E-state index in [9.17, 15) is 0 Å². The summed E-state index contributed by atoms with van der Waals surface area (Å²) in [5.41, 5.74) is 3.67. The van der Waals surface area contributed by atoms with Crippen LogP contribution < -0.4 is 10.1 Å². The number of nitrogens with one attached hydrogen (secondary N) is 1. The largest absolute Gasteiger partial charge is 0.481 e. The monoisotopic (exact) mass is 284 g/mol. The molecule has 0 fully saturated rings. The van der Waals surface area contributed by atoms with Crippen LogP contribution in [0, 0.1) is 0 Å². The van der Waals surface area contributed by atoms with Crippen molar-refractivity contribution in [2.75, 3.05) is 13.7 Å². The van der Waals surface area contributed by atoms with Crippen LogP contribution in [0.2, 0.25) is 0 Å². The Morgan fingerprint density at radius 3 is 2.67 bits per heavy atom. The lowest BCUT2D eigenvalue weighted by Gasteiger charge is -2.18. The third-order valence-electron chi connectivity index (χ3n) is 3.62. The van der Waals surface area contributed by atoms with Crippen molar-refractivity contribution in [2.24, 2.45) is 0 Å². The molecule has 0 amide bonds. The van der Waals surface area contributed by atoms with Gasteiger partial charge < -0.3 is 10.1 Å². The van der Waals surface area contributed by atoms with Gasteiger partial charge in [-0.05, 0) is 48.2 Å². The predicted octanol–water partition coefficient (Wildman–Crippen LogP) is 4.21. The van der Waals surface area contributed by atoms with Gasteiger partial charge in [-0.2, -0.15) is 0 Å². The first-order chi connectivity index (χ1) is 10.3. The molecule has 2 aromatic rings. The molecule has 1 aromatic carbocycles. The zero-order valence-corrected chi connectivity index (χ0v) is 13.1. The maximum Gasteiger partial charge on any atom is 0.213 e. The summed E-state index contributed by atoms with van der Waals surface area (Å²) >= 11 is 0. The SMILES string of the molecule is CCCNC(CC)c1cccc(-c2ccnc(OC)c2)c1. The summed E-state index contributed by atoms with van der Waals surface area (Å²) in [6, 6.07) is 13.1. The molecule has 0 bridgehead atoms. The van der Waals surface area contributed by atoms with Gasteiger partial charge in [-0.25, -0.2) is 4.98 Å². The molecule has 1 aromatic heterocycles. The number of hydrogen-bond acceptors (Lipinski definition) is 3. The third-order valence-corrected chi connectivity index (χ3v) is 3.62. The molecule has 112 valence electrons. The summed E-state index contributed by atoms with van der Waals surface area (Å²) in [6.45, 7) is 5.46. The second-order valence-corrected chi connectivity index (χ2v) is 5.13. The molecule has 0 aliphatic rings. The number of ether oxygens (including phenoxy) is 1. The molecule has 3 heteroatoms. The van der Waals surface area contributed by atoms with Crippen molar-refractivity contribution < 1.29 is 4.74 Å². The molecular formula is C18H24N2O. The van der Waals surface area contributed by atoms with Gasteiger partial charge in [0.1, 0.15) is 0 Å². The van der Waals surface area contributed by atoms with Gasteiger partial charge in [0.05, 0.1) is 7.11 Å². The van der Waals surface area contributed by atoms with Crippen LogP contribution in [-0.4, -0.2) is 18.6 Å². The van der Waals surface area contributed by atoms with Crippen molar-refractivity contribution in [1.82, 2.24) is 10.3 Å². The number of benzene rings is 1. The van der Waals surface area contributed by atoms with E-state index in [0.29, 0.717) is 11.9 Å². The number of aromatic nitrogens is 1. The fourth-order valence-electron chi connectivity index (χ4n) is 2.45. The minimum Gasteiger partial charge on any atom is -0.481 e. The van der Waals surface area contributed by atoms with E-state index in [1.165, 1.54) is 11.1 Å². The van der Waals surface area contributed by atoms with E-state index >= 15 is 0 Å². The summed E-state index contributed by atoms with van der Waals surface area (Å²) in [6.07, 6.45) is 4.02. The molecule has 0 saturated carbocycles. The first kappa shape index (κ1) is 15.5. The van der Waals surface area contributed by atoms with Gasteiger partial charge in [0.25, 0.3) is 0 Å². The molecule has 3 nitrogen and oxygen atoms in total. The van der Waals surface area contributed by atoms with E-state index in [0.717, 1.165) is 24.9 Å². The molecule has 0 saturated heterocycles. The summed E-state index contributed by atoms with van der Waals surface area (Å²) < 4.78 is 5.20. The Morgan fingerprint density at radius 2 is 1.95 bits per heavy atom. The van der Waals surface area contributed by atoms with E-state index in [1.54, 1.807) is 13.3 Å². The zero-order chi connectivity index (χ0) is 15.1. The number of nitrogens with zero attached hydrogens (tertiary/aromatic N) is 1. The van der Waals surface area contributed by atoms with Crippen LogP contribution in [0.5, 0.6) is 5.88 Å². The summed E-state index contributed by atoms with van der Waals surface area (Å²) in [4.78, 5) is 4.16. The highest BCUT2D eigenvalue weighted by Crippen LogP contribution is 2.26. The number of pyridine rings is 1. The minimum atomic E-state index is 0.411. The van der Waals surface area contributed by atoms with E-state index in [4.69, 9.17) is 4.74 Å². The quantitative estimate of drug-likeness (QED) is 0.827. The first-order valence-corrected chi connectivity index (χ1v) is 7.62. The standard InChI is InChI=1S/C18H24N2O/c1-4-10-19-17(5-2)16-8-6-7-14(12-16)15-9-11-20-18(13-15)21-3/h6-9,11-13,17,19H,4-5,10H2,1-3H3. The predicted molar refractivity (Wildman–Crippen MR) is 87.6 cm³/mol. The second kappa shape index (κ2) is 7.79. The van der Waals surface area contributed by atoms with Gasteiger partial charge in [0.2, 0.25) is 5.88 Å². The fourth-order valence-corrected chi connectivity index (χ4v) is 2.45. The lowest BCUT2D eigenvalue weighted by Crippen LogP contribution is -2.21. The van der Waals surface area contributed by atoms with Gasteiger partial charge >= 0.3 is 0 Å². The maximum absolute atomic E-state index is 5.20. The Morgan fingerprint density at radius 1 is 1.14 bits per heavy atom. The average molecular weight is 284 g/mol. The van der Waals surface area contributed by atoms with Crippen LogP contribution in [0.1, 0.15) is 38.3 Å². The molecule has 21 heavy (non-hydrogen) atoms. The van der Waals surface area contributed by atoms with Gasteiger partial charge in [-0.3, -0.25) is 0 Å². The van der Waals surface area contributed by atoms with Gasteiger partial charge in [-0.15, -0.1) is 0 Å². The minimum absolute atomic E-state index is 0.411. The average Bonchev–Trinajstić information content (AvgIpc) is 2.56. The molecule has 0 aliphatic carbocycles. The van der Waals surface area contributed by atoms with Crippen molar-refractivity contribution in [1.29, 1.82) is 0 Å². The normalized spacial score (nSPS) is 12.1. The molecule has 1 atom stereocenters. The highest BCUT2D eigenvalue weighted by molar-refractivity contribution is 5.65. The molecule has 1 heterocycles. The lowest BCUT2D eigenvalue weighted by atomic mass is 9.98. The van der Waals surface area contributed by atoms with E-state index in [1.807, 2.05) is 12.1 Å². The van der Waals surface area contributed by atoms with Gasteiger partial charge in [-0.1, -0.05) is 32.0 Å². The number of methoxy groups -OCH3 is 1. The lowest BCUT2D eigenvalue weighted by molar-refractivity contribution is 0.398. The van der Waals surface area contributed by atoms with Crippen molar-refractivity contribution >= 4 is 0 Å². The van der Waals surface area contributed by atoms with E-state index in [-0.39, 0.29) is 0 Å². The van der Waals surface area contributed by atoms with E-state index in [2.05, 4.69) is 48.4 Å². The molecule has 0 spiro atoms. The molecule has 0 radical (unpaired) electrons. The zero-order valence-electron chi connectivity index (χ0n) is 13.1. The Labute approximate surface area is 127 Å². The smallest absolute Gasteiger partial charge is 0.213 e. The van der Waals surface area contributed by atoms with E-state index < -0.39 is 0 Å². The molecule has 2 rings (SSSR count). The molecular weight excluding hydrogens is 260 g/mol. The third kappa shape index (κ3) is 4.05. The van der Waals surface area contributed by atoms with Crippen LogP contribution >= 0.6 is 0 Å². The van der Waals surface area contributed by atoms with Crippen molar-refractivity contribution in [3.63, 3.8) is 0 Å². The Balaban J connectivity index is 2.27. The molecule has 1 N–H and O–H groups in total. The van der Waals surface area contributed by atoms with Crippen molar-refractivity contribution in [3.05, 3.63) is 48.2 Å². The highest BCUT2D eigenvalue weighted by Gasteiger charge is 2.09. The first-order valence-electron chi connectivity index (χ1n) is 7.62. The topological polar surface area (TPSA) is 34.2 Å². The van der Waals surface area contributed by atoms with Crippen LogP contribution in [-0.2, 0) is 0 Å². The summed E-state index contributed by atoms with van der Waals surface area (Å²) in [5.74, 6) is 0.647. The molecule has 0 aliphatic heterocycles. The maximum atomic E-state index is 5.20. The van der Waals surface area contributed by atoms with Crippen molar-refractivity contribution in [3.8, 4) is 17.0 Å². The van der Waals surface area contributed by atoms with Crippen LogP contribution in [0.25, 0.3) is 11.1 Å². The van der Waals surface area contributed by atoms with Crippen LogP contribution in [0.15, 0.2) is 42.6 Å². The summed E-state index contributed by atoms with van der Waals surface area (Å²) in [5, 5.41) is 3.60. The Bertz CT molecular complexity index is 569. The highest BCUT2D eigenvalue weighted by atomic mass is 16.5. The van der Waals surface area contributed by atoms with Gasteiger partial charge in [0, 0.05) is 18.3 Å². The number of hydrogen-bond donors (Lipinski definition) is 1.